The highest BCUT2D eigenvalue weighted by atomic mass is 35.5. The van der Waals surface area contributed by atoms with E-state index in [0.29, 0.717) is 34.1 Å². The van der Waals surface area contributed by atoms with Gasteiger partial charge < -0.3 is 4.90 Å². The lowest BCUT2D eigenvalue weighted by molar-refractivity contribution is -0.120. The standard InChI is InChI=1S/C24H19ClN2O2/c1-2-26(19-13-7-4-8-14-19)22-21(17-10-5-3-6-11-17)23(28)27(24(22)29)20-15-9-12-18(25)16-20/h3-16H,2H2,1H3. The molecule has 0 atom stereocenters. The van der Waals surface area contributed by atoms with Gasteiger partial charge >= 0.3 is 0 Å². The summed E-state index contributed by atoms with van der Waals surface area (Å²) in [6.07, 6.45) is 0. The number of para-hydroxylation sites is 1. The minimum atomic E-state index is -0.359. The van der Waals surface area contributed by atoms with Gasteiger partial charge in [-0.25, -0.2) is 4.90 Å². The average Bonchev–Trinajstić information content (AvgIpc) is 3.00. The second-order valence-electron chi connectivity index (χ2n) is 6.60. The number of nitrogens with zero attached hydrogens (tertiary/aromatic N) is 2. The summed E-state index contributed by atoms with van der Waals surface area (Å²) >= 11 is 6.12. The van der Waals surface area contributed by atoms with Crippen molar-refractivity contribution in [1.29, 1.82) is 0 Å². The highest BCUT2D eigenvalue weighted by Gasteiger charge is 2.42. The molecule has 2 amide bonds. The molecule has 0 N–H and O–H groups in total. The van der Waals surface area contributed by atoms with Crippen LogP contribution in [0.25, 0.3) is 5.57 Å². The number of benzene rings is 3. The molecule has 1 aliphatic rings. The van der Waals surface area contributed by atoms with Gasteiger partial charge in [0.05, 0.1) is 11.3 Å². The van der Waals surface area contributed by atoms with Gasteiger partial charge in [0.15, 0.2) is 0 Å². The Kier molecular flexibility index (Phi) is 5.19. The maximum atomic E-state index is 13.5. The summed E-state index contributed by atoms with van der Waals surface area (Å²) in [5, 5.41) is 0.466. The van der Waals surface area contributed by atoms with Crippen molar-refractivity contribution < 1.29 is 9.59 Å². The first-order valence-corrected chi connectivity index (χ1v) is 9.76. The van der Waals surface area contributed by atoms with Crippen LogP contribution < -0.4 is 9.80 Å². The van der Waals surface area contributed by atoms with E-state index in [-0.39, 0.29) is 11.8 Å². The zero-order valence-corrected chi connectivity index (χ0v) is 16.6. The number of rotatable bonds is 5. The molecular weight excluding hydrogens is 384 g/mol. The molecule has 29 heavy (non-hydrogen) atoms. The van der Waals surface area contributed by atoms with E-state index in [1.165, 1.54) is 4.90 Å². The number of likely N-dealkylation sites (N-methyl/N-ethyl adjacent to an activating group) is 1. The van der Waals surface area contributed by atoms with Crippen molar-refractivity contribution in [1.82, 2.24) is 0 Å². The molecule has 0 aliphatic carbocycles. The van der Waals surface area contributed by atoms with Crippen LogP contribution >= 0.6 is 11.6 Å². The second-order valence-corrected chi connectivity index (χ2v) is 7.03. The minimum Gasteiger partial charge on any atom is -0.337 e. The number of hydrogen-bond acceptors (Lipinski definition) is 3. The zero-order chi connectivity index (χ0) is 20.4. The third kappa shape index (κ3) is 3.43. The first kappa shape index (κ1) is 19.0. The van der Waals surface area contributed by atoms with Crippen LogP contribution in [0.15, 0.2) is 90.6 Å². The molecule has 0 saturated carbocycles. The van der Waals surface area contributed by atoms with E-state index in [4.69, 9.17) is 11.6 Å². The molecule has 1 aliphatic heterocycles. The van der Waals surface area contributed by atoms with Gasteiger partial charge in [-0.15, -0.1) is 0 Å². The van der Waals surface area contributed by atoms with Crippen LogP contribution in [0.2, 0.25) is 5.02 Å². The average molecular weight is 403 g/mol. The van der Waals surface area contributed by atoms with Crippen molar-refractivity contribution in [2.45, 2.75) is 6.92 Å². The van der Waals surface area contributed by atoms with E-state index < -0.39 is 0 Å². The Bertz CT molecular complexity index is 1090. The van der Waals surface area contributed by atoms with Gasteiger partial charge in [0.2, 0.25) is 0 Å². The normalized spacial score (nSPS) is 13.9. The molecule has 0 radical (unpaired) electrons. The predicted molar refractivity (Wildman–Crippen MR) is 117 cm³/mol. The van der Waals surface area contributed by atoms with Crippen LogP contribution in [0.4, 0.5) is 11.4 Å². The zero-order valence-electron chi connectivity index (χ0n) is 15.9. The first-order chi connectivity index (χ1) is 14.1. The Balaban J connectivity index is 1.91. The SMILES string of the molecule is CCN(C1=C(c2ccccc2)C(=O)N(c2cccc(Cl)c2)C1=O)c1ccccc1. The molecular formula is C24H19ClN2O2. The molecule has 144 valence electrons. The maximum absolute atomic E-state index is 13.5. The maximum Gasteiger partial charge on any atom is 0.282 e. The first-order valence-electron chi connectivity index (χ1n) is 9.38. The van der Waals surface area contributed by atoms with E-state index in [2.05, 4.69) is 0 Å². The van der Waals surface area contributed by atoms with Crippen molar-refractivity contribution in [2.24, 2.45) is 0 Å². The van der Waals surface area contributed by atoms with Crippen molar-refractivity contribution in [3.63, 3.8) is 0 Å². The largest absolute Gasteiger partial charge is 0.337 e. The molecule has 3 aromatic carbocycles. The topological polar surface area (TPSA) is 40.6 Å². The molecule has 4 nitrogen and oxygen atoms in total. The monoisotopic (exact) mass is 402 g/mol. The Labute approximate surface area is 174 Å². The molecule has 1 heterocycles. The number of imide groups is 1. The summed E-state index contributed by atoms with van der Waals surface area (Å²) in [4.78, 5) is 30.1. The molecule has 0 unspecified atom stereocenters. The molecule has 0 aromatic heterocycles. The molecule has 0 bridgehead atoms. The van der Waals surface area contributed by atoms with Gasteiger partial charge in [0.25, 0.3) is 11.8 Å². The van der Waals surface area contributed by atoms with Crippen LogP contribution in [0.5, 0.6) is 0 Å². The predicted octanol–water partition coefficient (Wildman–Crippen LogP) is 5.15. The van der Waals surface area contributed by atoms with Gasteiger partial charge in [-0.3, -0.25) is 9.59 Å². The third-order valence-electron chi connectivity index (χ3n) is 4.84. The Morgan fingerprint density at radius 3 is 2.10 bits per heavy atom. The summed E-state index contributed by atoms with van der Waals surface area (Å²) in [5.74, 6) is -0.713. The fourth-order valence-electron chi connectivity index (χ4n) is 3.56. The van der Waals surface area contributed by atoms with Crippen LogP contribution in [-0.4, -0.2) is 18.4 Å². The Morgan fingerprint density at radius 2 is 1.48 bits per heavy atom. The van der Waals surface area contributed by atoms with Crippen molar-refractivity contribution in [3.05, 3.63) is 101 Å². The van der Waals surface area contributed by atoms with Crippen LogP contribution in [0, 0.1) is 0 Å². The fourth-order valence-corrected chi connectivity index (χ4v) is 3.75. The highest BCUT2D eigenvalue weighted by Crippen LogP contribution is 2.37. The van der Waals surface area contributed by atoms with E-state index in [9.17, 15) is 9.59 Å². The fraction of sp³-hybridized carbons (Fsp3) is 0.0833. The lowest BCUT2D eigenvalue weighted by Crippen LogP contribution is -2.35. The molecule has 3 aromatic rings. The third-order valence-corrected chi connectivity index (χ3v) is 5.08. The summed E-state index contributed by atoms with van der Waals surface area (Å²) in [7, 11) is 0. The molecule has 0 fully saturated rings. The quantitative estimate of drug-likeness (QED) is 0.554. The minimum absolute atomic E-state index is 0.354. The number of carbonyl (C=O) groups is 2. The van der Waals surface area contributed by atoms with Crippen molar-refractivity contribution in [2.75, 3.05) is 16.3 Å². The Hall–Kier alpha value is -3.37. The Morgan fingerprint density at radius 1 is 0.828 bits per heavy atom. The number of anilines is 2. The summed E-state index contributed by atoms with van der Waals surface area (Å²) < 4.78 is 0. The van der Waals surface area contributed by atoms with E-state index in [0.717, 1.165) is 5.69 Å². The van der Waals surface area contributed by atoms with Crippen LogP contribution in [0.1, 0.15) is 12.5 Å². The molecule has 4 rings (SSSR count). The van der Waals surface area contributed by atoms with E-state index in [1.807, 2.05) is 72.5 Å². The number of amides is 2. The summed E-state index contributed by atoms with van der Waals surface area (Å²) in [6.45, 7) is 2.50. The van der Waals surface area contributed by atoms with Gasteiger partial charge in [-0.1, -0.05) is 66.2 Å². The second kappa shape index (κ2) is 7.94. The number of hydrogen-bond donors (Lipinski definition) is 0. The molecule has 0 spiro atoms. The van der Waals surface area contributed by atoms with Crippen molar-refractivity contribution in [3.8, 4) is 0 Å². The highest BCUT2D eigenvalue weighted by molar-refractivity contribution is 6.46. The van der Waals surface area contributed by atoms with Crippen LogP contribution in [0.3, 0.4) is 0 Å². The summed E-state index contributed by atoms with van der Waals surface area (Å²) in [5.41, 5.74) is 2.78. The van der Waals surface area contributed by atoms with Crippen molar-refractivity contribution >= 4 is 40.4 Å². The van der Waals surface area contributed by atoms with Gasteiger partial charge in [-0.2, -0.15) is 0 Å². The van der Waals surface area contributed by atoms with E-state index >= 15 is 0 Å². The number of carbonyl (C=O) groups excluding carboxylic acids is 2. The number of halogens is 1. The van der Waals surface area contributed by atoms with Gasteiger partial charge in [0.1, 0.15) is 5.70 Å². The molecule has 5 heteroatoms. The lowest BCUT2D eigenvalue weighted by atomic mass is 10.0. The van der Waals surface area contributed by atoms with Crippen LogP contribution in [-0.2, 0) is 9.59 Å². The van der Waals surface area contributed by atoms with E-state index in [1.54, 1.807) is 24.3 Å². The molecule has 0 saturated heterocycles. The summed E-state index contributed by atoms with van der Waals surface area (Å²) in [6, 6.07) is 25.7. The smallest absolute Gasteiger partial charge is 0.282 e. The van der Waals surface area contributed by atoms with Gasteiger partial charge in [0, 0.05) is 17.3 Å². The van der Waals surface area contributed by atoms with Gasteiger partial charge in [-0.05, 0) is 42.8 Å². The lowest BCUT2D eigenvalue weighted by Gasteiger charge is -2.25.